The van der Waals surface area contributed by atoms with Crippen molar-refractivity contribution in [3.63, 3.8) is 0 Å². The number of pyridine rings is 1. The van der Waals surface area contributed by atoms with Crippen molar-refractivity contribution in [2.45, 2.75) is 12.8 Å². The molecule has 1 rings (SSSR count). The Bertz CT molecular complexity index is 473. The summed E-state index contributed by atoms with van der Waals surface area (Å²) in [6.07, 6.45) is -2.46. The van der Waals surface area contributed by atoms with Gasteiger partial charge in [0.05, 0.1) is 22.5 Å². The third kappa shape index (κ3) is 2.30. The number of hydrogen-bond donors (Lipinski definition) is 0. The van der Waals surface area contributed by atoms with Crippen LogP contribution < -0.4 is 0 Å². The van der Waals surface area contributed by atoms with E-state index < -0.39 is 29.2 Å². The first-order valence-electron chi connectivity index (χ1n) is 3.95. The van der Waals surface area contributed by atoms with Gasteiger partial charge in [-0.15, -0.1) is 0 Å². The van der Waals surface area contributed by atoms with Crippen molar-refractivity contribution in [2.75, 3.05) is 0 Å². The highest BCUT2D eigenvalue weighted by Crippen LogP contribution is 2.34. The Labute approximate surface area is 97.0 Å². The maximum Gasteiger partial charge on any atom is 0.368 e. The van der Waals surface area contributed by atoms with E-state index in [2.05, 4.69) is 20.9 Å². The topological polar surface area (TPSA) is 79.8 Å². The largest absolute Gasteiger partial charge is 0.368 e. The molecule has 0 spiro atoms. The first-order chi connectivity index (χ1) is 7.49. The van der Waals surface area contributed by atoms with E-state index in [4.69, 9.17) is 5.26 Å². The van der Waals surface area contributed by atoms with Crippen LogP contribution in [0, 0.1) is 21.4 Å². The van der Waals surface area contributed by atoms with Gasteiger partial charge in [0.1, 0.15) is 0 Å². The lowest BCUT2D eigenvalue weighted by Gasteiger charge is -2.07. The van der Waals surface area contributed by atoms with Gasteiger partial charge in [-0.1, -0.05) is 0 Å². The molecular weight excluding hydrogens is 288 g/mol. The van der Waals surface area contributed by atoms with Gasteiger partial charge in [-0.2, -0.15) is 5.26 Å². The summed E-state index contributed by atoms with van der Waals surface area (Å²) in [7, 11) is 0. The van der Waals surface area contributed by atoms with Crippen molar-refractivity contribution < 1.29 is 13.7 Å². The Kier molecular flexibility index (Phi) is 3.84. The van der Waals surface area contributed by atoms with Crippen molar-refractivity contribution in [3.05, 3.63) is 31.9 Å². The zero-order valence-electron chi connectivity index (χ0n) is 7.65. The highest BCUT2D eigenvalue weighted by Gasteiger charge is 2.26. The Morgan fingerprint density at radius 2 is 2.31 bits per heavy atom. The predicted molar refractivity (Wildman–Crippen MR) is 52.9 cm³/mol. The van der Waals surface area contributed by atoms with E-state index in [1.165, 1.54) is 0 Å². The summed E-state index contributed by atoms with van der Waals surface area (Å²) >= 11 is 2.83. The Morgan fingerprint density at radius 1 is 1.69 bits per heavy atom. The molecule has 1 aromatic heterocycles. The van der Waals surface area contributed by atoms with Crippen LogP contribution in [0.3, 0.4) is 0 Å². The third-order valence-corrected chi connectivity index (χ3v) is 2.43. The summed E-state index contributed by atoms with van der Waals surface area (Å²) < 4.78 is 25.3. The predicted octanol–water partition coefficient (Wildman–Crippen LogP) is 2.76. The van der Waals surface area contributed by atoms with Gasteiger partial charge in [-0.3, -0.25) is 0 Å². The molecular formula is C8H4BrF2N3O2. The molecule has 0 saturated carbocycles. The lowest BCUT2D eigenvalue weighted by Crippen LogP contribution is -2.04. The Balaban J connectivity index is 3.50. The maximum absolute atomic E-state index is 12.7. The number of halogens is 3. The molecule has 0 aliphatic heterocycles. The van der Waals surface area contributed by atoms with Crippen LogP contribution in [-0.4, -0.2) is 9.91 Å². The van der Waals surface area contributed by atoms with Crippen LogP contribution in [0.1, 0.15) is 17.6 Å². The number of nitro groups is 1. The van der Waals surface area contributed by atoms with E-state index in [9.17, 15) is 18.9 Å². The average Bonchev–Trinajstić information content (AvgIpc) is 2.17. The minimum Gasteiger partial charge on any atom is -0.358 e. The van der Waals surface area contributed by atoms with Crippen molar-refractivity contribution >= 4 is 21.7 Å². The van der Waals surface area contributed by atoms with Gasteiger partial charge < -0.3 is 10.1 Å². The summed E-state index contributed by atoms with van der Waals surface area (Å²) in [6.45, 7) is 0. The summed E-state index contributed by atoms with van der Waals surface area (Å²) in [5.74, 6) is -0.708. The molecule has 0 N–H and O–H groups in total. The van der Waals surface area contributed by atoms with Crippen LogP contribution in [0.4, 0.5) is 14.6 Å². The first-order valence-corrected chi connectivity index (χ1v) is 4.75. The standard InChI is InChI=1S/C8H4BrF2N3O2/c9-5-3-13-8(14(15)16)4(1-2-12)6(5)7(10)11/h3,7H,1H2. The van der Waals surface area contributed by atoms with Crippen LogP contribution in [0.2, 0.25) is 0 Å². The number of nitriles is 1. The van der Waals surface area contributed by atoms with Crippen LogP contribution in [0.25, 0.3) is 0 Å². The minimum absolute atomic E-state index is 0.0432. The molecule has 0 radical (unpaired) electrons. The van der Waals surface area contributed by atoms with Gasteiger partial charge in [-0.05, 0) is 25.8 Å². The van der Waals surface area contributed by atoms with Gasteiger partial charge >= 0.3 is 5.82 Å². The fourth-order valence-corrected chi connectivity index (χ4v) is 1.69. The van der Waals surface area contributed by atoms with Crippen LogP contribution >= 0.6 is 15.9 Å². The van der Waals surface area contributed by atoms with Crippen molar-refractivity contribution in [2.24, 2.45) is 0 Å². The van der Waals surface area contributed by atoms with E-state index in [0.717, 1.165) is 6.20 Å². The third-order valence-electron chi connectivity index (χ3n) is 1.80. The Morgan fingerprint density at radius 3 is 2.75 bits per heavy atom. The van der Waals surface area contributed by atoms with Gasteiger partial charge in [0.15, 0.2) is 6.20 Å². The zero-order chi connectivity index (χ0) is 12.3. The van der Waals surface area contributed by atoms with Crippen LogP contribution in [0.5, 0.6) is 0 Å². The Hall–Kier alpha value is -1.62. The van der Waals surface area contributed by atoms with Crippen LogP contribution in [0.15, 0.2) is 10.7 Å². The molecule has 0 atom stereocenters. The van der Waals surface area contributed by atoms with Gasteiger partial charge in [-0.25, -0.2) is 8.78 Å². The van der Waals surface area contributed by atoms with Crippen LogP contribution in [-0.2, 0) is 6.42 Å². The molecule has 0 fully saturated rings. The summed E-state index contributed by atoms with van der Waals surface area (Å²) in [6, 6.07) is 1.60. The number of aromatic nitrogens is 1. The molecule has 0 bridgehead atoms. The van der Waals surface area contributed by atoms with E-state index in [1.807, 2.05) is 0 Å². The lowest BCUT2D eigenvalue weighted by molar-refractivity contribution is -0.390. The summed E-state index contributed by atoms with van der Waals surface area (Å²) in [5, 5.41) is 19.0. The average molecular weight is 292 g/mol. The van der Waals surface area contributed by atoms with Gasteiger partial charge in [0.2, 0.25) is 0 Å². The molecule has 0 aliphatic carbocycles. The number of nitrogens with zero attached hydrogens (tertiary/aromatic N) is 3. The smallest absolute Gasteiger partial charge is 0.358 e. The van der Waals surface area contributed by atoms with E-state index >= 15 is 0 Å². The fraction of sp³-hybridized carbons (Fsp3) is 0.250. The fourth-order valence-electron chi connectivity index (χ4n) is 1.18. The molecule has 8 heteroatoms. The quantitative estimate of drug-likeness (QED) is 0.633. The molecule has 0 aromatic carbocycles. The SMILES string of the molecule is N#CCc1c([N+](=O)[O-])ncc(Br)c1C(F)F. The molecule has 1 aromatic rings. The number of alkyl halides is 2. The molecule has 1 heterocycles. The monoisotopic (exact) mass is 291 g/mol. The van der Waals surface area contributed by atoms with Gasteiger partial charge in [0, 0.05) is 5.56 Å². The normalized spacial score (nSPS) is 10.2. The van der Waals surface area contributed by atoms with E-state index in [-0.39, 0.29) is 10.0 Å². The minimum atomic E-state index is -2.90. The number of hydrogen-bond acceptors (Lipinski definition) is 4. The second-order valence-corrected chi connectivity index (χ2v) is 3.57. The second kappa shape index (κ2) is 4.94. The highest BCUT2D eigenvalue weighted by molar-refractivity contribution is 9.10. The van der Waals surface area contributed by atoms with Gasteiger partial charge in [0.25, 0.3) is 6.43 Å². The first kappa shape index (κ1) is 12.4. The zero-order valence-corrected chi connectivity index (χ0v) is 9.24. The molecule has 0 saturated heterocycles. The summed E-state index contributed by atoms with van der Waals surface area (Å²) in [4.78, 5) is 13.1. The summed E-state index contributed by atoms with van der Waals surface area (Å²) in [5.41, 5.74) is -0.903. The molecule has 0 aliphatic rings. The molecule has 5 nitrogen and oxygen atoms in total. The number of rotatable bonds is 3. The molecule has 0 unspecified atom stereocenters. The molecule has 16 heavy (non-hydrogen) atoms. The van der Waals surface area contributed by atoms with E-state index in [1.54, 1.807) is 6.07 Å². The van der Waals surface area contributed by atoms with Crippen molar-refractivity contribution in [1.29, 1.82) is 5.26 Å². The molecule has 84 valence electrons. The van der Waals surface area contributed by atoms with Crippen molar-refractivity contribution in [3.8, 4) is 6.07 Å². The highest BCUT2D eigenvalue weighted by atomic mass is 79.9. The van der Waals surface area contributed by atoms with Crippen molar-refractivity contribution in [1.82, 2.24) is 4.98 Å². The second-order valence-electron chi connectivity index (χ2n) is 2.71. The maximum atomic E-state index is 12.7. The molecule has 0 amide bonds. The van der Waals surface area contributed by atoms with E-state index in [0.29, 0.717) is 0 Å². The lowest BCUT2D eigenvalue weighted by atomic mass is 10.1.